The van der Waals surface area contributed by atoms with Gasteiger partial charge in [0.05, 0.1) is 59.6 Å². The third-order valence-electron chi connectivity index (χ3n) is 4.16. The van der Waals surface area contributed by atoms with Crippen molar-refractivity contribution < 1.29 is 44.3 Å². The molecule has 204 valence electrons. The van der Waals surface area contributed by atoms with Crippen molar-refractivity contribution in [3.05, 3.63) is 116 Å². The van der Waals surface area contributed by atoms with Crippen LogP contribution < -0.4 is 9.67 Å². The number of benzene rings is 2. The quantitative estimate of drug-likeness (QED) is 0.260. The number of phenols is 1. The lowest BCUT2D eigenvalue weighted by Crippen LogP contribution is -2.25. The first-order chi connectivity index (χ1) is 18.1. The third kappa shape index (κ3) is 8.34. The van der Waals surface area contributed by atoms with Gasteiger partial charge in [-0.15, -0.1) is 0 Å². The summed E-state index contributed by atoms with van der Waals surface area (Å²) >= 11 is 0. The van der Waals surface area contributed by atoms with Crippen LogP contribution in [0.2, 0.25) is 0 Å². The monoisotopic (exact) mass is 551 g/mol. The minimum absolute atomic E-state index is 0.384. The first-order valence-corrected chi connectivity index (χ1v) is 9.57. The van der Waals surface area contributed by atoms with Crippen molar-refractivity contribution in [2.24, 2.45) is 7.05 Å². The van der Waals surface area contributed by atoms with Crippen molar-refractivity contribution in [2.45, 2.75) is 0 Å². The predicted octanol–water partition coefficient (Wildman–Crippen LogP) is 2.11. The molecule has 39 heavy (non-hydrogen) atoms. The minimum Gasteiger partial charge on any atom is -0.863 e. The average Bonchev–Trinajstić information content (AvgIpc) is 2.84. The normalized spacial score (nSPS) is 9.56. The molecule has 0 atom stereocenters. The molecule has 0 radical (unpaired) electrons. The number of non-ortho nitro benzene ring substituents is 2. The molecule has 0 saturated heterocycles. The number of aromatic nitrogens is 1. The molecule has 2 aromatic carbocycles. The van der Waals surface area contributed by atoms with Crippen LogP contribution in [-0.2, 0) is 7.05 Å². The number of aryl methyl sites for hydroxylation is 1. The molecule has 3 aromatic rings. The molecule has 0 bridgehead atoms. The zero-order chi connectivity index (χ0) is 30.0. The summed E-state index contributed by atoms with van der Waals surface area (Å²) in [4.78, 5) is 55.3. The van der Waals surface area contributed by atoms with Gasteiger partial charge in [0.2, 0.25) is 0 Å². The molecule has 1 N–H and O–H groups in total. The highest BCUT2D eigenvalue weighted by Crippen LogP contribution is 2.39. The highest BCUT2D eigenvalue weighted by Gasteiger charge is 2.30. The van der Waals surface area contributed by atoms with Gasteiger partial charge in [-0.2, -0.15) is 0 Å². The van der Waals surface area contributed by atoms with Crippen molar-refractivity contribution in [1.29, 1.82) is 0 Å². The molecular formula is C18H13N7O14. The summed E-state index contributed by atoms with van der Waals surface area (Å²) in [7, 11) is 2.00. The van der Waals surface area contributed by atoms with E-state index in [1.807, 2.05) is 42.2 Å². The molecular weight excluding hydrogens is 538 g/mol. The second-order valence-corrected chi connectivity index (χ2v) is 6.73. The standard InChI is InChI=1S/2C6H3N3O7.C6H8N/c2*10-6-4(8(13)14)1-3(7(11)12)2-5(6)9(15)16;1-7-5-3-2-4-6-7/h2*1-2,10H;2-6H,1H3/q;;+1/p-1. The SMILES string of the molecule is C[n+]1ccccc1.O=[N+]([O-])c1cc([N+](=O)[O-])c(O)c([N+](=O)[O-])c1.O=[N+]([O-])c1cc([N+](=O)[O-])c([O-])c([N+](=O)[O-])c1. The lowest BCUT2D eigenvalue weighted by Gasteiger charge is -2.06. The van der Waals surface area contributed by atoms with Gasteiger partial charge in [-0.3, -0.25) is 60.7 Å². The Bertz CT molecular complexity index is 1300. The van der Waals surface area contributed by atoms with Gasteiger partial charge in [-0.1, -0.05) is 6.07 Å². The fourth-order valence-electron chi connectivity index (χ4n) is 2.42. The number of hydrogen-bond acceptors (Lipinski definition) is 14. The van der Waals surface area contributed by atoms with E-state index in [0.29, 0.717) is 24.3 Å². The van der Waals surface area contributed by atoms with Gasteiger partial charge in [0.25, 0.3) is 28.5 Å². The lowest BCUT2D eigenvalue weighted by molar-refractivity contribution is -0.671. The number of hydrogen-bond donors (Lipinski definition) is 1. The van der Waals surface area contributed by atoms with E-state index in [1.54, 1.807) is 0 Å². The lowest BCUT2D eigenvalue weighted by atomic mass is 10.2. The molecule has 21 nitrogen and oxygen atoms in total. The highest BCUT2D eigenvalue weighted by atomic mass is 16.7. The molecule has 0 fully saturated rings. The van der Waals surface area contributed by atoms with E-state index in [-0.39, 0.29) is 0 Å². The summed E-state index contributed by atoms with van der Waals surface area (Å²) in [6.07, 6.45) is 4.00. The topological polar surface area (TPSA) is 306 Å². The van der Waals surface area contributed by atoms with Crippen LogP contribution in [0.1, 0.15) is 0 Å². The Labute approximate surface area is 213 Å². The Hall–Kier alpha value is -6.41. The minimum atomic E-state index is -1.46. The van der Waals surface area contributed by atoms with E-state index in [4.69, 9.17) is 5.11 Å². The molecule has 21 heteroatoms. The van der Waals surface area contributed by atoms with Crippen LogP contribution in [0.15, 0.2) is 54.9 Å². The Kier molecular flexibility index (Phi) is 10.2. The molecule has 0 unspecified atom stereocenters. The molecule has 1 heterocycles. The number of nitrogens with zero attached hydrogens (tertiary/aromatic N) is 7. The summed E-state index contributed by atoms with van der Waals surface area (Å²) in [5.74, 6) is -2.67. The largest absolute Gasteiger partial charge is 0.863 e. The van der Waals surface area contributed by atoms with E-state index < -0.39 is 75.2 Å². The fraction of sp³-hybridized carbons (Fsp3) is 0.0556. The summed E-state index contributed by atoms with van der Waals surface area (Å²) in [5, 5.41) is 82.3. The summed E-state index contributed by atoms with van der Waals surface area (Å²) in [6, 6.07) is 7.66. The number of nitro groups is 6. The van der Waals surface area contributed by atoms with Gasteiger partial charge in [-0.25, -0.2) is 4.57 Å². The van der Waals surface area contributed by atoms with Gasteiger partial charge in [-0.05, 0) is 0 Å². The van der Waals surface area contributed by atoms with Crippen molar-refractivity contribution in [3.63, 3.8) is 0 Å². The highest BCUT2D eigenvalue weighted by molar-refractivity contribution is 5.65. The van der Waals surface area contributed by atoms with Crippen LogP contribution in [0.4, 0.5) is 34.1 Å². The van der Waals surface area contributed by atoms with Crippen molar-refractivity contribution in [2.75, 3.05) is 0 Å². The molecule has 0 saturated carbocycles. The van der Waals surface area contributed by atoms with Crippen molar-refractivity contribution in [3.8, 4) is 11.5 Å². The maximum atomic E-state index is 11.1. The van der Waals surface area contributed by atoms with Crippen LogP contribution in [0, 0.1) is 60.7 Å². The van der Waals surface area contributed by atoms with Gasteiger partial charge in [0, 0.05) is 12.1 Å². The first kappa shape index (κ1) is 30.6. The van der Waals surface area contributed by atoms with E-state index in [1.165, 1.54) is 0 Å². The van der Waals surface area contributed by atoms with Gasteiger partial charge >= 0.3 is 11.4 Å². The average molecular weight is 551 g/mol. The number of pyridine rings is 1. The van der Waals surface area contributed by atoms with Crippen molar-refractivity contribution in [1.82, 2.24) is 0 Å². The molecule has 0 amide bonds. The molecule has 0 aliphatic heterocycles. The maximum Gasteiger partial charge on any atom is 0.324 e. The van der Waals surface area contributed by atoms with Crippen LogP contribution in [-0.4, -0.2) is 34.6 Å². The predicted molar refractivity (Wildman–Crippen MR) is 122 cm³/mol. The van der Waals surface area contributed by atoms with Crippen LogP contribution >= 0.6 is 0 Å². The molecule has 3 rings (SSSR count). The van der Waals surface area contributed by atoms with E-state index in [9.17, 15) is 65.8 Å². The van der Waals surface area contributed by atoms with Crippen molar-refractivity contribution >= 4 is 34.1 Å². The van der Waals surface area contributed by atoms with Gasteiger partial charge in [0.15, 0.2) is 12.4 Å². The third-order valence-corrected chi connectivity index (χ3v) is 4.16. The second kappa shape index (κ2) is 13.1. The smallest absolute Gasteiger partial charge is 0.324 e. The van der Waals surface area contributed by atoms with Crippen LogP contribution in [0.3, 0.4) is 0 Å². The fourth-order valence-corrected chi connectivity index (χ4v) is 2.42. The second-order valence-electron chi connectivity index (χ2n) is 6.73. The maximum absolute atomic E-state index is 11.1. The van der Waals surface area contributed by atoms with Gasteiger partial charge < -0.3 is 10.2 Å². The number of rotatable bonds is 6. The summed E-state index contributed by atoms with van der Waals surface area (Å²) < 4.78 is 2.00. The van der Waals surface area contributed by atoms with E-state index in [2.05, 4.69) is 0 Å². The Morgan fingerprint density at radius 2 is 0.872 bits per heavy atom. The Morgan fingerprint density at radius 1 is 0.564 bits per heavy atom. The molecule has 0 aliphatic carbocycles. The molecule has 1 aromatic heterocycles. The first-order valence-electron chi connectivity index (χ1n) is 9.57. The Balaban J connectivity index is 0.000000314. The number of phenolic OH excluding ortho intramolecular Hbond substituents is 1. The number of aromatic hydroxyl groups is 1. The molecule has 0 aliphatic rings. The summed E-state index contributed by atoms with van der Waals surface area (Å²) in [6.45, 7) is 0. The summed E-state index contributed by atoms with van der Waals surface area (Å²) in [5.41, 5.74) is -6.27. The zero-order valence-corrected chi connectivity index (χ0v) is 19.1. The molecule has 0 spiro atoms. The van der Waals surface area contributed by atoms with Gasteiger partial charge in [0.1, 0.15) is 7.05 Å². The van der Waals surface area contributed by atoms with E-state index >= 15 is 0 Å². The van der Waals surface area contributed by atoms with Crippen LogP contribution in [0.5, 0.6) is 11.5 Å². The van der Waals surface area contributed by atoms with Crippen LogP contribution in [0.25, 0.3) is 0 Å². The number of nitro benzene ring substituents is 6. The zero-order valence-electron chi connectivity index (χ0n) is 19.1. The van der Waals surface area contributed by atoms with E-state index in [0.717, 1.165) is 0 Å². The Morgan fingerprint density at radius 3 is 1.10 bits per heavy atom.